The lowest BCUT2D eigenvalue weighted by Crippen LogP contribution is -2.24. The Labute approximate surface area is 141 Å². The number of nitrogens with zero attached hydrogens (tertiary/aromatic N) is 2. The standard InChI is InChI=1S/C16H20N4O3S/c1-3-4-6-19-24(22,23)15-8-14(10-17-11-15)13-5-7-18-16(9-13)20-12(2)21/h5,7-11,19H,3-4,6H2,1-2H3,(H,18,20,21). The molecular weight excluding hydrogens is 328 g/mol. The van der Waals surface area contributed by atoms with Crippen molar-refractivity contribution in [2.24, 2.45) is 0 Å². The van der Waals surface area contributed by atoms with Gasteiger partial charge in [0.15, 0.2) is 0 Å². The van der Waals surface area contributed by atoms with Crippen LogP contribution in [-0.2, 0) is 14.8 Å². The number of pyridine rings is 2. The quantitative estimate of drug-likeness (QED) is 0.747. The normalized spacial score (nSPS) is 11.2. The summed E-state index contributed by atoms with van der Waals surface area (Å²) >= 11 is 0. The van der Waals surface area contributed by atoms with Crippen LogP contribution >= 0.6 is 0 Å². The van der Waals surface area contributed by atoms with E-state index in [1.807, 2.05) is 6.92 Å². The molecule has 0 saturated carbocycles. The van der Waals surface area contributed by atoms with E-state index in [9.17, 15) is 13.2 Å². The first kappa shape index (κ1) is 18.0. The fraction of sp³-hybridized carbons (Fsp3) is 0.312. The fourth-order valence-electron chi connectivity index (χ4n) is 2.05. The summed E-state index contributed by atoms with van der Waals surface area (Å²) in [4.78, 5) is 19.3. The van der Waals surface area contributed by atoms with Gasteiger partial charge in [0.25, 0.3) is 0 Å². The molecule has 1 amide bonds. The number of nitrogens with one attached hydrogen (secondary N) is 2. The maximum absolute atomic E-state index is 12.3. The van der Waals surface area contributed by atoms with Gasteiger partial charge in [0.2, 0.25) is 15.9 Å². The first-order chi connectivity index (χ1) is 11.4. The van der Waals surface area contributed by atoms with Gasteiger partial charge in [0, 0.05) is 37.6 Å². The predicted molar refractivity (Wildman–Crippen MR) is 91.9 cm³/mol. The van der Waals surface area contributed by atoms with Crippen molar-refractivity contribution in [2.45, 2.75) is 31.6 Å². The fourth-order valence-corrected chi connectivity index (χ4v) is 3.11. The molecule has 8 heteroatoms. The lowest BCUT2D eigenvalue weighted by atomic mass is 10.1. The van der Waals surface area contributed by atoms with Gasteiger partial charge in [-0.05, 0) is 30.2 Å². The van der Waals surface area contributed by atoms with Crippen LogP contribution in [0.2, 0.25) is 0 Å². The van der Waals surface area contributed by atoms with E-state index in [0.717, 1.165) is 12.8 Å². The van der Waals surface area contributed by atoms with Crippen molar-refractivity contribution < 1.29 is 13.2 Å². The number of hydrogen-bond acceptors (Lipinski definition) is 5. The zero-order valence-electron chi connectivity index (χ0n) is 13.6. The molecule has 24 heavy (non-hydrogen) atoms. The van der Waals surface area contributed by atoms with E-state index >= 15 is 0 Å². The highest BCUT2D eigenvalue weighted by Crippen LogP contribution is 2.23. The highest BCUT2D eigenvalue weighted by atomic mass is 32.2. The molecule has 0 bridgehead atoms. The molecule has 0 saturated heterocycles. The van der Waals surface area contributed by atoms with Crippen LogP contribution in [0.3, 0.4) is 0 Å². The molecule has 0 spiro atoms. The van der Waals surface area contributed by atoms with Crippen LogP contribution in [0.5, 0.6) is 0 Å². The first-order valence-corrected chi connectivity index (χ1v) is 9.09. The van der Waals surface area contributed by atoms with E-state index in [2.05, 4.69) is 20.0 Å². The van der Waals surface area contributed by atoms with Crippen LogP contribution in [0.15, 0.2) is 41.7 Å². The molecule has 2 N–H and O–H groups in total. The number of aromatic nitrogens is 2. The van der Waals surface area contributed by atoms with Gasteiger partial charge < -0.3 is 5.32 Å². The Balaban J connectivity index is 2.29. The third kappa shape index (κ3) is 4.84. The number of rotatable bonds is 7. The van der Waals surface area contributed by atoms with Crippen molar-refractivity contribution >= 4 is 21.7 Å². The molecule has 0 fully saturated rings. The zero-order valence-corrected chi connectivity index (χ0v) is 14.4. The molecule has 0 aromatic carbocycles. The maximum atomic E-state index is 12.3. The Morgan fingerprint density at radius 3 is 2.71 bits per heavy atom. The lowest BCUT2D eigenvalue weighted by Gasteiger charge is -2.08. The highest BCUT2D eigenvalue weighted by molar-refractivity contribution is 7.89. The van der Waals surface area contributed by atoms with Crippen molar-refractivity contribution in [3.05, 3.63) is 36.8 Å². The number of hydrogen-bond donors (Lipinski definition) is 2. The van der Waals surface area contributed by atoms with Gasteiger partial charge in [-0.2, -0.15) is 0 Å². The minimum Gasteiger partial charge on any atom is -0.311 e. The number of carbonyl (C=O) groups excluding carboxylic acids is 1. The van der Waals surface area contributed by atoms with Crippen molar-refractivity contribution in [3.63, 3.8) is 0 Å². The summed E-state index contributed by atoms with van der Waals surface area (Å²) in [6.45, 7) is 3.78. The molecule has 2 rings (SSSR count). The van der Waals surface area contributed by atoms with Crippen LogP contribution in [-0.4, -0.2) is 30.8 Å². The third-order valence-electron chi connectivity index (χ3n) is 3.24. The first-order valence-electron chi connectivity index (χ1n) is 7.61. The molecule has 0 atom stereocenters. The molecule has 2 aromatic rings. The van der Waals surface area contributed by atoms with Gasteiger partial charge in [-0.3, -0.25) is 9.78 Å². The van der Waals surface area contributed by atoms with Crippen LogP contribution in [0, 0.1) is 0 Å². The lowest BCUT2D eigenvalue weighted by molar-refractivity contribution is -0.114. The third-order valence-corrected chi connectivity index (χ3v) is 4.67. The van der Waals surface area contributed by atoms with Gasteiger partial charge in [0.1, 0.15) is 10.7 Å². The second-order valence-electron chi connectivity index (χ2n) is 5.27. The van der Waals surface area contributed by atoms with Crippen LogP contribution in [0.25, 0.3) is 11.1 Å². The summed E-state index contributed by atoms with van der Waals surface area (Å²) in [6, 6.07) is 4.94. The predicted octanol–water partition coefficient (Wildman–Crippen LogP) is 2.18. The number of anilines is 1. The molecule has 0 aliphatic rings. The number of carbonyl (C=O) groups is 1. The molecule has 0 aliphatic heterocycles. The monoisotopic (exact) mass is 348 g/mol. The second kappa shape index (κ2) is 7.98. The number of unbranched alkanes of at least 4 members (excludes halogenated alkanes) is 1. The van der Waals surface area contributed by atoms with Crippen molar-refractivity contribution in [1.82, 2.24) is 14.7 Å². The molecule has 128 valence electrons. The smallest absolute Gasteiger partial charge is 0.242 e. The Kier molecular flexibility index (Phi) is 5.99. The molecule has 0 aliphatic carbocycles. The largest absolute Gasteiger partial charge is 0.311 e. The summed E-state index contributed by atoms with van der Waals surface area (Å²) in [5.74, 6) is 0.170. The zero-order chi connectivity index (χ0) is 17.6. The average Bonchev–Trinajstić information content (AvgIpc) is 2.55. The Morgan fingerprint density at radius 2 is 2.00 bits per heavy atom. The van der Waals surface area contributed by atoms with E-state index in [4.69, 9.17) is 0 Å². The summed E-state index contributed by atoms with van der Waals surface area (Å²) in [5.41, 5.74) is 1.34. The van der Waals surface area contributed by atoms with Crippen molar-refractivity contribution in [3.8, 4) is 11.1 Å². The topological polar surface area (TPSA) is 101 Å². The molecule has 0 unspecified atom stereocenters. The second-order valence-corrected chi connectivity index (χ2v) is 7.04. The van der Waals surface area contributed by atoms with Gasteiger partial charge in [0.05, 0.1) is 0 Å². The van der Waals surface area contributed by atoms with Crippen LogP contribution < -0.4 is 10.0 Å². The Hall–Kier alpha value is -2.32. The highest BCUT2D eigenvalue weighted by Gasteiger charge is 2.15. The van der Waals surface area contributed by atoms with Gasteiger partial charge in [-0.25, -0.2) is 18.1 Å². The summed E-state index contributed by atoms with van der Waals surface area (Å²) in [6.07, 6.45) is 6.10. The van der Waals surface area contributed by atoms with Crippen molar-refractivity contribution in [1.29, 1.82) is 0 Å². The molecule has 2 aromatic heterocycles. The van der Waals surface area contributed by atoms with Gasteiger partial charge in [-0.15, -0.1) is 0 Å². The molecule has 2 heterocycles. The van der Waals surface area contributed by atoms with Crippen LogP contribution in [0.1, 0.15) is 26.7 Å². The van der Waals surface area contributed by atoms with Gasteiger partial charge >= 0.3 is 0 Å². The minimum atomic E-state index is -3.59. The van der Waals surface area contributed by atoms with E-state index in [1.165, 1.54) is 13.1 Å². The Bertz CT molecular complexity index is 822. The SMILES string of the molecule is CCCCNS(=O)(=O)c1cncc(-c2ccnc(NC(C)=O)c2)c1. The number of sulfonamides is 1. The van der Waals surface area contributed by atoms with Gasteiger partial charge in [-0.1, -0.05) is 13.3 Å². The maximum Gasteiger partial charge on any atom is 0.242 e. The molecule has 0 radical (unpaired) electrons. The summed E-state index contributed by atoms with van der Waals surface area (Å²) < 4.78 is 27.1. The molecule has 7 nitrogen and oxygen atoms in total. The van der Waals surface area contributed by atoms with Crippen LogP contribution in [0.4, 0.5) is 5.82 Å². The van der Waals surface area contributed by atoms with E-state index in [1.54, 1.807) is 30.6 Å². The molecular formula is C16H20N4O3S. The summed E-state index contributed by atoms with van der Waals surface area (Å²) in [7, 11) is -3.59. The number of amides is 1. The van der Waals surface area contributed by atoms with E-state index in [-0.39, 0.29) is 10.8 Å². The van der Waals surface area contributed by atoms with E-state index < -0.39 is 10.0 Å². The van der Waals surface area contributed by atoms with Crippen molar-refractivity contribution in [2.75, 3.05) is 11.9 Å². The minimum absolute atomic E-state index is 0.106. The average molecular weight is 348 g/mol. The summed E-state index contributed by atoms with van der Waals surface area (Å²) in [5, 5.41) is 2.59. The van der Waals surface area contributed by atoms with E-state index in [0.29, 0.717) is 23.5 Å². The Morgan fingerprint density at radius 1 is 1.21 bits per heavy atom.